The summed E-state index contributed by atoms with van der Waals surface area (Å²) in [5, 5.41) is 6.24. The van der Waals surface area contributed by atoms with E-state index in [9.17, 15) is 8.42 Å². The van der Waals surface area contributed by atoms with Crippen molar-refractivity contribution in [3.05, 3.63) is 144 Å². The first kappa shape index (κ1) is 28.2. The first-order valence-corrected chi connectivity index (χ1v) is 16.0. The fourth-order valence-corrected chi connectivity index (χ4v) is 6.13. The Morgan fingerprint density at radius 3 is 1.84 bits per heavy atom. The minimum absolute atomic E-state index is 0.0144. The van der Waals surface area contributed by atoms with Crippen molar-refractivity contribution in [1.29, 1.82) is 0 Å². The average molecular weight is 589 g/mol. The Morgan fingerprint density at radius 2 is 1.33 bits per heavy atom. The molecule has 0 aliphatic rings. The van der Waals surface area contributed by atoms with Gasteiger partial charge in [-0.2, -0.15) is 5.10 Å². The lowest BCUT2D eigenvalue weighted by Gasteiger charge is -2.37. The van der Waals surface area contributed by atoms with Crippen molar-refractivity contribution in [3.8, 4) is 17.0 Å². The number of fused-ring (bicyclic) bond motifs is 1. The van der Waals surface area contributed by atoms with Gasteiger partial charge in [-0.1, -0.05) is 91.0 Å². The van der Waals surface area contributed by atoms with Crippen LogP contribution in [0.5, 0.6) is 5.75 Å². The lowest BCUT2D eigenvalue weighted by Crippen LogP contribution is -2.38. The van der Waals surface area contributed by atoms with Gasteiger partial charge in [0, 0.05) is 17.1 Å². The van der Waals surface area contributed by atoms with Gasteiger partial charge < -0.3 is 4.74 Å². The summed E-state index contributed by atoms with van der Waals surface area (Å²) in [7, 11) is -3.52. The molecule has 216 valence electrons. The fourth-order valence-electron chi connectivity index (χ4n) is 5.64. The maximum Gasteiger partial charge on any atom is 0.230 e. The molecule has 6 rings (SSSR count). The number of hydrogen-bond donors (Lipinski definition) is 1. The summed E-state index contributed by atoms with van der Waals surface area (Å²) in [6.07, 6.45) is 2.68. The van der Waals surface area contributed by atoms with Crippen molar-refractivity contribution in [2.75, 3.05) is 11.0 Å². The zero-order chi connectivity index (χ0) is 30.0. The van der Waals surface area contributed by atoms with Crippen LogP contribution < -0.4 is 9.46 Å². The van der Waals surface area contributed by atoms with E-state index in [1.54, 1.807) is 12.3 Å². The number of pyridine rings is 1. The molecule has 0 saturated carbocycles. The Kier molecular flexibility index (Phi) is 7.46. The third kappa shape index (κ3) is 5.49. The molecule has 8 heteroatoms. The van der Waals surface area contributed by atoms with Crippen LogP contribution in [0.3, 0.4) is 0 Å². The van der Waals surface area contributed by atoms with Crippen molar-refractivity contribution < 1.29 is 13.2 Å². The second-order valence-corrected chi connectivity index (χ2v) is 12.5. The average Bonchev–Trinajstić information content (AvgIpc) is 3.37. The lowest BCUT2D eigenvalue weighted by molar-refractivity contribution is 0.243. The van der Waals surface area contributed by atoms with E-state index in [2.05, 4.69) is 50.8 Å². The molecule has 1 N–H and O–H groups in total. The number of nitrogens with zero attached hydrogens (tertiary/aromatic N) is 3. The first-order valence-electron chi connectivity index (χ1n) is 14.1. The normalized spacial score (nSPS) is 12.0. The van der Waals surface area contributed by atoms with E-state index >= 15 is 0 Å². The molecule has 0 aliphatic heterocycles. The highest BCUT2D eigenvalue weighted by molar-refractivity contribution is 7.92. The number of nitrogens with one attached hydrogen (secondary N) is 1. The van der Waals surface area contributed by atoms with Gasteiger partial charge in [-0.05, 0) is 60.9 Å². The Hall–Kier alpha value is -4.95. The molecule has 43 heavy (non-hydrogen) atoms. The highest BCUT2D eigenvalue weighted by Crippen LogP contribution is 2.44. The molecule has 0 unspecified atom stereocenters. The van der Waals surface area contributed by atoms with Crippen molar-refractivity contribution in [1.82, 2.24) is 14.8 Å². The summed E-state index contributed by atoms with van der Waals surface area (Å²) < 4.78 is 34.7. The van der Waals surface area contributed by atoms with Gasteiger partial charge in [-0.25, -0.2) is 18.1 Å². The minimum Gasteiger partial charge on any atom is -0.491 e. The Labute approximate surface area is 251 Å². The summed E-state index contributed by atoms with van der Waals surface area (Å²) >= 11 is 0. The van der Waals surface area contributed by atoms with Gasteiger partial charge in [0.05, 0.1) is 17.9 Å². The van der Waals surface area contributed by atoms with Crippen LogP contribution in [0.25, 0.3) is 22.2 Å². The molecule has 2 heterocycles. The first-order chi connectivity index (χ1) is 20.8. The van der Waals surface area contributed by atoms with Crippen LogP contribution in [0.1, 0.15) is 30.5 Å². The second-order valence-electron chi connectivity index (χ2n) is 10.7. The van der Waals surface area contributed by atoms with E-state index in [1.807, 2.05) is 92.7 Å². The van der Waals surface area contributed by atoms with Gasteiger partial charge in [-0.3, -0.25) is 4.72 Å². The molecule has 0 fully saturated rings. The largest absolute Gasteiger partial charge is 0.491 e. The fraction of sp³-hybridized carbons (Fsp3) is 0.143. The predicted octanol–water partition coefficient (Wildman–Crippen LogP) is 7.10. The van der Waals surface area contributed by atoms with Crippen LogP contribution in [-0.4, -0.2) is 35.5 Å². The van der Waals surface area contributed by atoms with Crippen LogP contribution >= 0.6 is 0 Å². The summed E-state index contributed by atoms with van der Waals surface area (Å²) in [5.74, 6) is 0.939. The third-order valence-electron chi connectivity index (χ3n) is 7.24. The number of benzene rings is 4. The van der Waals surface area contributed by atoms with E-state index in [4.69, 9.17) is 9.84 Å². The van der Waals surface area contributed by atoms with E-state index in [-0.39, 0.29) is 11.9 Å². The third-order valence-corrected chi connectivity index (χ3v) is 7.82. The zero-order valence-electron chi connectivity index (χ0n) is 24.2. The molecule has 0 bridgehead atoms. The van der Waals surface area contributed by atoms with Crippen LogP contribution in [0.2, 0.25) is 0 Å². The number of ether oxygens (including phenoxy) is 1. The SMILES string of the molecule is CC(C)Oc1ccc2c(c1)c(-c1ccnc(NS(C)(=O)=O)c1)nn2C(c1ccccc1)(c1ccccc1)c1ccccc1. The number of aromatic nitrogens is 3. The molecule has 0 aliphatic carbocycles. The zero-order valence-corrected chi connectivity index (χ0v) is 25.0. The maximum atomic E-state index is 12.0. The Morgan fingerprint density at radius 1 is 0.767 bits per heavy atom. The predicted molar refractivity (Wildman–Crippen MR) is 172 cm³/mol. The van der Waals surface area contributed by atoms with Gasteiger partial charge in [0.1, 0.15) is 22.8 Å². The van der Waals surface area contributed by atoms with Gasteiger partial charge in [0.2, 0.25) is 10.0 Å². The number of rotatable bonds is 9. The minimum atomic E-state index is -3.52. The van der Waals surface area contributed by atoms with Crippen LogP contribution in [-0.2, 0) is 15.6 Å². The monoisotopic (exact) mass is 588 g/mol. The molecule has 2 aromatic heterocycles. The number of anilines is 1. The lowest BCUT2D eigenvalue weighted by atomic mass is 9.77. The molecule has 0 radical (unpaired) electrons. The smallest absolute Gasteiger partial charge is 0.230 e. The highest BCUT2D eigenvalue weighted by Gasteiger charge is 2.41. The maximum absolute atomic E-state index is 12.0. The van der Waals surface area contributed by atoms with Gasteiger partial charge >= 0.3 is 0 Å². The Bertz CT molecular complexity index is 1880. The Balaban J connectivity index is 1.73. The molecule has 7 nitrogen and oxygen atoms in total. The standard InChI is InChI=1S/C35H32N4O3S/c1-25(2)42-30-19-20-32-31(24-30)34(26-21-22-36-33(23-26)38-43(3,40)41)37-39(32)35(27-13-7-4-8-14-27,28-15-9-5-10-16-28)29-17-11-6-12-18-29/h4-25H,1-3H3,(H,36,38). The quantitative estimate of drug-likeness (QED) is 0.182. The van der Waals surface area contributed by atoms with Gasteiger partial charge in [-0.15, -0.1) is 0 Å². The van der Waals surface area contributed by atoms with Gasteiger partial charge in [0.25, 0.3) is 0 Å². The van der Waals surface area contributed by atoms with Crippen LogP contribution in [0.4, 0.5) is 5.82 Å². The topological polar surface area (TPSA) is 86.1 Å². The van der Waals surface area contributed by atoms with E-state index in [0.717, 1.165) is 45.2 Å². The molecule has 6 aromatic rings. The van der Waals surface area contributed by atoms with E-state index in [1.165, 1.54) is 0 Å². The molecule has 0 spiro atoms. The van der Waals surface area contributed by atoms with Crippen molar-refractivity contribution in [3.63, 3.8) is 0 Å². The van der Waals surface area contributed by atoms with E-state index < -0.39 is 15.6 Å². The van der Waals surface area contributed by atoms with Crippen molar-refractivity contribution in [2.24, 2.45) is 0 Å². The number of sulfonamides is 1. The van der Waals surface area contributed by atoms with Crippen molar-refractivity contribution >= 4 is 26.7 Å². The number of hydrogen-bond acceptors (Lipinski definition) is 5. The summed E-state index contributed by atoms with van der Waals surface area (Å²) in [6, 6.07) is 40.6. The molecule has 0 saturated heterocycles. The highest BCUT2D eigenvalue weighted by atomic mass is 32.2. The van der Waals surface area contributed by atoms with Crippen LogP contribution in [0, 0.1) is 0 Å². The molecule has 0 amide bonds. The van der Waals surface area contributed by atoms with E-state index in [0.29, 0.717) is 5.69 Å². The molecular weight excluding hydrogens is 556 g/mol. The second kappa shape index (κ2) is 11.4. The summed E-state index contributed by atoms with van der Waals surface area (Å²) in [6.45, 7) is 3.98. The van der Waals surface area contributed by atoms with Gasteiger partial charge in [0.15, 0.2) is 0 Å². The van der Waals surface area contributed by atoms with Crippen molar-refractivity contribution in [2.45, 2.75) is 25.5 Å². The summed E-state index contributed by atoms with van der Waals surface area (Å²) in [5.41, 5.74) is 4.56. The molecule has 4 aromatic carbocycles. The summed E-state index contributed by atoms with van der Waals surface area (Å²) in [4.78, 5) is 4.24. The molecule has 0 atom stereocenters. The molecular formula is C35H32N4O3S. The van der Waals surface area contributed by atoms with Crippen LogP contribution in [0.15, 0.2) is 128 Å².